The van der Waals surface area contributed by atoms with Gasteiger partial charge in [-0.25, -0.2) is 0 Å². The highest BCUT2D eigenvalue weighted by Gasteiger charge is 2.05. The third-order valence-corrected chi connectivity index (χ3v) is 2.77. The van der Waals surface area contributed by atoms with Crippen LogP contribution in [0.5, 0.6) is 0 Å². The molecule has 0 aliphatic carbocycles. The fourth-order valence-electron chi connectivity index (χ4n) is 1.72. The number of carbonyl (C=O) groups is 1. The van der Waals surface area contributed by atoms with Crippen LogP contribution in [-0.2, 0) is 6.54 Å². The molecule has 0 saturated heterocycles. The number of anilines is 1. The van der Waals surface area contributed by atoms with Crippen LogP contribution in [0.15, 0.2) is 42.6 Å². The second-order valence-corrected chi connectivity index (χ2v) is 4.37. The Labute approximate surface area is 112 Å². The Hall–Kier alpha value is -2.20. The highest BCUT2D eigenvalue weighted by atomic mass is 16.1. The molecule has 1 aromatic carbocycles. The molecule has 0 aliphatic heterocycles. The molecule has 0 unspecified atom stereocenters. The molecule has 19 heavy (non-hydrogen) atoms. The van der Waals surface area contributed by atoms with Gasteiger partial charge >= 0.3 is 0 Å². The monoisotopic (exact) mass is 255 g/mol. The lowest BCUT2D eigenvalue weighted by Crippen LogP contribution is -2.12. The van der Waals surface area contributed by atoms with Crippen molar-refractivity contribution in [2.45, 2.75) is 13.5 Å². The number of carbonyl (C=O) groups excluding carboxylic acids is 1. The molecule has 98 valence electrons. The number of hydrogen-bond acceptors (Lipinski definition) is 3. The number of hydrogen-bond donors (Lipinski definition) is 2. The van der Waals surface area contributed by atoms with Gasteiger partial charge in [-0.15, -0.1) is 0 Å². The quantitative estimate of drug-likeness (QED) is 0.881. The molecule has 2 N–H and O–H groups in total. The first-order chi connectivity index (χ1) is 9.19. The average molecular weight is 255 g/mol. The zero-order valence-corrected chi connectivity index (χ0v) is 11.1. The van der Waals surface area contributed by atoms with Gasteiger partial charge in [-0.1, -0.05) is 12.1 Å². The normalized spacial score (nSPS) is 10.2. The highest BCUT2D eigenvalue weighted by molar-refractivity contribution is 6.04. The molecule has 0 bridgehead atoms. The van der Waals surface area contributed by atoms with Crippen molar-refractivity contribution in [1.82, 2.24) is 10.3 Å². The van der Waals surface area contributed by atoms with Crippen LogP contribution in [-0.4, -0.2) is 17.9 Å². The summed E-state index contributed by atoms with van der Waals surface area (Å²) in [5.41, 5.74) is 3.42. The molecule has 1 amide bonds. The van der Waals surface area contributed by atoms with Gasteiger partial charge in [0.2, 0.25) is 0 Å². The second kappa shape index (κ2) is 6.11. The van der Waals surface area contributed by atoms with Crippen LogP contribution in [0.2, 0.25) is 0 Å². The van der Waals surface area contributed by atoms with E-state index in [1.807, 2.05) is 44.3 Å². The lowest BCUT2D eigenvalue weighted by molar-refractivity contribution is 0.102. The standard InChI is InChI=1S/C15H17N3O/c1-11-3-6-13(10-17-11)15(19)18-14-7-4-12(5-8-14)9-16-2/h3-8,10,16H,9H2,1-2H3,(H,18,19). The van der Waals surface area contributed by atoms with Crippen LogP contribution >= 0.6 is 0 Å². The van der Waals surface area contributed by atoms with Crippen molar-refractivity contribution in [3.05, 3.63) is 59.4 Å². The van der Waals surface area contributed by atoms with Crippen LogP contribution in [0, 0.1) is 6.92 Å². The fourth-order valence-corrected chi connectivity index (χ4v) is 1.72. The summed E-state index contributed by atoms with van der Waals surface area (Å²) in [5.74, 6) is -0.145. The lowest BCUT2D eigenvalue weighted by atomic mass is 10.2. The zero-order chi connectivity index (χ0) is 13.7. The molecule has 4 heteroatoms. The Balaban J connectivity index is 2.04. The summed E-state index contributed by atoms with van der Waals surface area (Å²) >= 11 is 0. The van der Waals surface area contributed by atoms with Crippen LogP contribution < -0.4 is 10.6 Å². The van der Waals surface area contributed by atoms with Gasteiger partial charge in [0, 0.05) is 24.1 Å². The molecule has 0 spiro atoms. The van der Waals surface area contributed by atoms with E-state index >= 15 is 0 Å². The Kier molecular flexibility index (Phi) is 4.26. The van der Waals surface area contributed by atoms with Gasteiger partial charge in [0.1, 0.15) is 0 Å². The Bertz CT molecular complexity index is 547. The van der Waals surface area contributed by atoms with Crippen molar-refractivity contribution in [2.24, 2.45) is 0 Å². The first kappa shape index (κ1) is 13.2. The molecule has 0 aliphatic rings. The second-order valence-electron chi connectivity index (χ2n) is 4.37. The molecule has 0 fully saturated rings. The molecule has 0 radical (unpaired) electrons. The molecular formula is C15H17N3O. The van der Waals surface area contributed by atoms with Crippen molar-refractivity contribution in [2.75, 3.05) is 12.4 Å². The molecule has 2 rings (SSSR count). The van der Waals surface area contributed by atoms with E-state index in [4.69, 9.17) is 0 Å². The number of pyridine rings is 1. The minimum Gasteiger partial charge on any atom is -0.322 e. The maximum atomic E-state index is 12.0. The number of nitrogens with zero attached hydrogens (tertiary/aromatic N) is 1. The summed E-state index contributed by atoms with van der Waals surface area (Å²) in [5, 5.41) is 5.93. The van der Waals surface area contributed by atoms with Crippen molar-refractivity contribution >= 4 is 11.6 Å². The SMILES string of the molecule is CNCc1ccc(NC(=O)c2ccc(C)nc2)cc1. The van der Waals surface area contributed by atoms with Crippen molar-refractivity contribution in [3.8, 4) is 0 Å². The van der Waals surface area contributed by atoms with Gasteiger partial charge in [-0.05, 0) is 43.8 Å². The van der Waals surface area contributed by atoms with Gasteiger partial charge in [0.15, 0.2) is 0 Å². The van der Waals surface area contributed by atoms with Crippen LogP contribution in [0.25, 0.3) is 0 Å². The lowest BCUT2D eigenvalue weighted by Gasteiger charge is -2.06. The molecule has 0 saturated carbocycles. The van der Waals surface area contributed by atoms with Crippen LogP contribution in [0.3, 0.4) is 0 Å². The topological polar surface area (TPSA) is 54.0 Å². The highest BCUT2D eigenvalue weighted by Crippen LogP contribution is 2.11. The van der Waals surface area contributed by atoms with Gasteiger partial charge in [0.25, 0.3) is 5.91 Å². The van der Waals surface area contributed by atoms with E-state index in [-0.39, 0.29) is 5.91 Å². The summed E-state index contributed by atoms with van der Waals surface area (Å²) in [6, 6.07) is 11.4. The Morgan fingerprint density at radius 1 is 1.16 bits per heavy atom. The molecular weight excluding hydrogens is 238 g/mol. The largest absolute Gasteiger partial charge is 0.322 e. The summed E-state index contributed by atoms with van der Waals surface area (Å²) in [6.07, 6.45) is 1.58. The smallest absolute Gasteiger partial charge is 0.257 e. The fraction of sp³-hybridized carbons (Fsp3) is 0.200. The zero-order valence-electron chi connectivity index (χ0n) is 11.1. The number of benzene rings is 1. The van der Waals surface area contributed by atoms with E-state index in [0.29, 0.717) is 5.56 Å². The Morgan fingerprint density at radius 2 is 1.89 bits per heavy atom. The minimum absolute atomic E-state index is 0.145. The summed E-state index contributed by atoms with van der Waals surface area (Å²) in [4.78, 5) is 16.1. The number of aryl methyl sites for hydroxylation is 1. The maximum absolute atomic E-state index is 12.0. The van der Waals surface area contributed by atoms with Gasteiger partial charge in [-0.3, -0.25) is 9.78 Å². The predicted molar refractivity (Wildman–Crippen MR) is 76.1 cm³/mol. The van der Waals surface area contributed by atoms with Crippen LogP contribution in [0.4, 0.5) is 5.69 Å². The molecule has 1 heterocycles. The van der Waals surface area contributed by atoms with Gasteiger partial charge < -0.3 is 10.6 Å². The van der Waals surface area contributed by atoms with E-state index in [1.165, 1.54) is 5.56 Å². The van der Waals surface area contributed by atoms with Crippen LogP contribution in [0.1, 0.15) is 21.6 Å². The van der Waals surface area contributed by atoms with E-state index in [9.17, 15) is 4.79 Å². The number of nitrogens with one attached hydrogen (secondary N) is 2. The predicted octanol–water partition coefficient (Wildman–Crippen LogP) is 2.36. The third-order valence-electron chi connectivity index (χ3n) is 2.77. The van der Waals surface area contributed by atoms with E-state index in [1.54, 1.807) is 12.3 Å². The van der Waals surface area contributed by atoms with Crippen molar-refractivity contribution in [3.63, 3.8) is 0 Å². The van der Waals surface area contributed by atoms with Crippen molar-refractivity contribution in [1.29, 1.82) is 0 Å². The van der Waals surface area contributed by atoms with Crippen molar-refractivity contribution < 1.29 is 4.79 Å². The summed E-state index contributed by atoms with van der Waals surface area (Å²) in [7, 11) is 1.90. The molecule has 4 nitrogen and oxygen atoms in total. The minimum atomic E-state index is -0.145. The first-order valence-corrected chi connectivity index (χ1v) is 6.16. The van der Waals surface area contributed by atoms with E-state index in [0.717, 1.165) is 17.9 Å². The maximum Gasteiger partial charge on any atom is 0.257 e. The average Bonchev–Trinajstić information content (AvgIpc) is 2.42. The summed E-state index contributed by atoms with van der Waals surface area (Å²) < 4.78 is 0. The number of amides is 1. The molecule has 2 aromatic rings. The third kappa shape index (κ3) is 3.63. The van der Waals surface area contributed by atoms with Gasteiger partial charge in [-0.2, -0.15) is 0 Å². The van der Waals surface area contributed by atoms with Gasteiger partial charge in [0.05, 0.1) is 5.56 Å². The number of rotatable bonds is 4. The van der Waals surface area contributed by atoms with E-state index < -0.39 is 0 Å². The first-order valence-electron chi connectivity index (χ1n) is 6.16. The van der Waals surface area contributed by atoms with E-state index in [2.05, 4.69) is 15.6 Å². The number of aromatic nitrogens is 1. The molecule has 0 atom stereocenters. The Morgan fingerprint density at radius 3 is 2.47 bits per heavy atom. The molecule has 1 aromatic heterocycles. The summed E-state index contributed by atoms with van der Waals surface area (Å²) in [6.45, 7) is 2.71.